The second-order valence-corrected chi connectivity index (χ2v) is 7.48. The summed E-state index contributed by atoms with van der Waals surface area (Å²) in [6, 6.07) is 11.1. The summed E-state index contributed by atoms with van der Waals surface area (Å²) in [6.07, 6.45) is 0. The van der Waals surface area contributed by atoms with Crippen molar-refractivity contribution in [3.63, 3.8) is 0 Å². The highest BCUT2D eigenvalue weighted by molar-refractivity contribution is 7.99. The van der Waals surface area contributed by atoms with Crippen LogP contribution >= 0.6 is 23.4 Å². The van der Waals surface area contributed by atoms with E-state index in [0.717, 1.165) is 11.3 Å². The molecule has 0 aliphatic heterocycles. The molecule has 0 bridgehead atoms. The monoisotopic (exact) mass is 438 g/mol. The minimum absolute atomic E-state index is 0.114. The van der Waals surface area contributed by atoms with Gasteiger partial charge in [0.25, 0.3) is 11.7 Å². The van der Waals surface area contributed by atoms with Crippen LogP contribution in [0.2, 0.25) is 5.02 Å². The first-order valence-corrected chi connectivity index (χ1v) is 9.80. The van der Waals surface area contributed by atoms with Gasteiger partial charge in [-0.3, -0.25) is 4.79 Å². The number of halogens is 3. The van der Waals surface area contributed by atoms with Crippen LogP contribution < -0.4 is 10.1 Å². The molecular formula is C20H17ClF2N2O3S. The molecule has 1 N–H and O–H groups in total. The Labute approximate surface area is 175 Å². The zero-order chi connectivity index (χ0) is 21.0. The summed E-state index contributed by atoms with van der Waals surface area (Å²) in [7, 11) is 0. The highest BCUT2D eigenvalue weighted by Crippen LogP contribution is 2.37. The van der Waals surface area contributed by atoms with E-state index in [9.17, 15) is 13.6 Å². The third-order valence-electron chi connectivity index (χ3n) is 4.08. The lowest BCUT2D eigenvalue weighted by molar-refractivity contribution is 0.102. The van der Waals surface area contributed by atoms with Gasteiger partial charge in [-0.25, -0.2) is 0 Å². The number of thioether (sulfide) groups is 1. The standard InChI is InChI=1S/C20H17ClF2N2O3S/c1-11-15(12(2)28-25-11)10-27-14-6-3-5-13(9-14)19(26)24-17-8-4-7-16(21)18(17)29-20(22)23/h3-9,20H,10H2,1-2H3,(H,24,26). The lowest BCUT2D eigenvalue weighted by atomic mass is 10.2. The first kappa shape index (κ1) is 21.1. The fourth-order valence-electron chi connectivity index (χ4n) is 2.60. The first-order chi connectivity index (χ1) is 13.8. The van der Waals surface area contributed by atoms with Gasteiger partial charge in [0.1, 0.15) is 18.1 Å². The van der Waals surface area contributed by atoms with Gasteiger partial charge in [-0.2, -0.15) is 8.78 Å². The molecule has 29 heavy (non-hydrogen) atoms. The van der Waals surface area contributed by atoms with Crippen LogP contribution in [-0.2, 0) is 6.61 Å². The number of carbonyl (C=O) groups is 1. The van der Waals surface area contributed by atoms with Crippen LogP contribution in [0, 0.1) is 13.8 Å². The number of anilines is 1. The van der Waals surface area contributed by atoms with Gasteiger partial charge >= 0.3 is 0 Å². The van der Waals surface area contributed by atoms with Gasteiger partial charge in [0.05, 0.1) is 26.9 Å². The van der Waals surface area contributed by atoms with Gasteiger partial charge in [-0.1, -0.05) is 40.7 Å². The molecule has 3 aromatic rings. The van der Waals surface area contributed by atoms with Crippen LogP contribution in [0.4, 0.5) is 14.5 Å². The Balaban J connectivity index is 1.74. The molecule has 1 heterocycles. The highest BCUT2D eigenvalue weighted by atomic mass is 35.5. The van der Waals surface area contributed by atoms with Crippen LogP contribution in [0.15, 0.2) is 51.9 Å². The Bertz CT molecular complexity index is 1010. The van der Waals surface area contributed by atoms with E-state index in [-0.39, 0.29) is 34.0 Å². The van der Waals surface area contributed by atoms with Crippen molar-refractivity contribution in [2.75, 3.05) is 5.32 Å². The Morgan fingerprint density at radius 1 is 1.28 bits per heavy atom. The Morgan fingerprint density at radius 3 is 2.72 bits per heavy atom. The van der Waals surface area contributed by atoms with Crippen molar-refractivity contribution < 1.29 is 22.8 Å². The summed E-state index contributed by atoms with van der Waals surface area (Å²) in [5, 5.41) is 6.64. The third kappa shape index (κ3) is 5.27. The Kier molecular flexibility index (Phi) is 6.76. The zero-order valence-corrected chi connectivity index (χ0v) is 17.1. The number of amides is 1. The number of rotatable bonds is 7. The lowest BCUT2D eigenvalue weighted by Crippen LogP contribution is -2.13. The maximum absolute atomic E-state index is 12.8. The molecule has 0 aliphatic carbocycles. The number of carbonyl (C=O) groups excluding carboxylic acids is 1. The SMILES string of the molecule is Cc1noc(C)c1COc1cccc(C(=O)Nc2cccc(Cl)c2SC(F)F)c1. The van der Waals surface area contributed by atoms with E-state index >= 15 is 0 Å². The smallest absolute Gasteiger partial charge is 0.289 e. The van der Waals surface area contributed by atoms with Crippen molar-refractivity contribution in [1.82, 2.24) is 5.16 Å². The maximum Gasteiger partial charge on any atom is 0.289 e. The Morgan fingerprint density at radius 2 is 2.03 bits per heavy atom. The highest BCUT2D eigenvalue weighted by Gasteiger charge is 2.17. The molecule has 0 unspecified atom stereocenters. The van der Waals surface area contributed by atoms with E-state index in [2.05, 4.69) is 10.5 Å². The van der Waals surface area contributed by atoms with Crippen LogP contribution in [0.1, 0.15) is 27.4 Å². The molecule has 0 spiro atoms. The number of ether oxygens (including phenoxy) is 1. The summed E-state index contributed by atoms with van der Waals surface area (Å²) in [5.41, 5.74) is 2.11. The molecule has 0 radical (unpaired) electrons. The van der Waals surface area contributed by atoms with Crippen molar-refractivity contribution in [1.29, 1.82) is 0 Å². The largest absolute Gasteiger partial charge is 0.489 e. The van der Waals surface area contributed by atoms with Gasteiger partial charge in [0, 0.05) is 5.56 Å². The molecule has 1 aromatic heterocycles. The molecule has 9 heteroatoms. The van der Waals surface area contributed by atoms with E-state index in [0.29, 0.717) is 17.1 Å². The minimum Gasteiger partial charge on any atom is -0.489 e. The van der Waals surface area contributed by atoms with E-state index in [4.69, 9.17) is 20.9 Å². The summed E-state index contributed by atoms with van der Waals surface area (Å²) in [5.74, 6) is -1.98. The molecule has 0 fully saturated rings. The summed E-state index contributed by atoms with van der Waals surface area (Å²) in [4.78, 5) is 12.7. The molecule has 2 aromatic carbocycles. The first-order valence-electron chi connectivity index (χ1n) is 8.54. The summed E-state index contributed by atoms with van der Waals surface area (Å²) >= 11 is 6.29. The number of nitrogens with zero attached hydrogens (tertiary/aromatic N) is 1. The van der Waals surface area contributed by atoms with Crippen LogP contribution in [0.5, 0.6) is 5.75 Å². The molecule has 0 saturated heterocycles. The number of aryl methyl sites for hydroxylation is 2. The number of alkyl halides is 2. The fraction of sp³-hybridized carbons (Fsp3) is 0.200. The quantitative estimate of drug-likeness (QED) is 0.452. The number of hydrogen-bond donors (Lipinski definition) is 1. The molecule has 152 valence electrons. The summed E-state index contributed by atoms with van der Waals surface area (Å²) < 4.78 is 36.5. The predicted molar refractivity (Wildman–Crippen MR) is 108 cm³/mol. The molecular weight excluding hydrogens is 422 g/mol. The van der Waals surface area contributed by atoms with Crippen molar-refractivity contribution in [2.45, 2.75) is 31.1 Å². The van der Waals surface area contributed by atoms with E-state index in [1.165, 1.54) is 12.1 Å². The van der Waals surface area contributed by atoms with Crippen LogP contribution in [0.3, 0.4) is 0 Å². The van der Waals surface area contributed by atoms with Crippen molar-refractivity contribution in [3.05, 3.63) is 70.1 Å². The average molecular weight is 439 g/mol. The normalized spacial score (nSPS) is 11.0. The zero-order valence-electron chi connectivity index (χ0n) is 15.5. The van der Waals surface area contributed by atoms with E-state index in [1.807, 2.05) is 6.92 Å². The van der Waals surface area contributed by atoms with E-state index in [1.54, 1.807) is 37.3 Å². The average Bonchev–Trinajstić information content (AvgIpc) is 3.00. The number of nitrogens with one attached hydrogen (secondary N) is 1. The number of benzene rings is 2. The van der Waals surface area contributed by atoms with Crippen molar-refractivity contribution in [2.24, 2.45) is 0 Å². The Hall–Kier alpha value is -2.58. The molecule has 0 atom stereocenters. The molecule has 3 rings (SSSR count). The van der Waals surface area contributed by atoms with Crippen LogP contribution in [0.25, 0.3) is 0 Å². The summed E-state index contributed by atoms with van der Waals surface area (Å²) in [6.45, 7) is 3.86. The van der Waals surface area contributed by atoms with Gasteiger partial charge in [0.15, 0.2) is 0 Å². The lowest BCUT2D eigenvalue weighted by Gasteiger charge is -2.13. The second-order valence-electron chi connectivity index (χ2n) is 6.07. The number of aromatic nitrogens is 1. The van der Waals surface area contributed by atoms with Gasteiger partial charge in [-0.15, -0.1) is 0 Å². The van der Waals surface area contributed by atoms with Crippen molar-refractivity contribution in [3.8, 4) is 5.75 Å². The minimum atomic E-state index is -2.66. The van der Waals surface area contributed by atoms with Gasteiger partial charge in [-0.05, 0) is 44.2 Å². The maximum atomic E-state index is 12.8. The molecule has 5 nitrogen and oxygen atoms in total. The van der Waals surface area contributed by atoms with E-state index < -0.39 is 11.7 Å². The van der Waals surface area contributed by atoms with Crippen molar-refractivity contribution >= 4 is 35.0 Å². The third-order valence-corrected chi connectivity index (χ3v) is 5.36. The molecule has 0 saturated carbocycles. The topological polar surface area (TPSA) is 64.4 Å². The molecule has 0 aliphatic rings. The van der Waals surface area contributed by atoms with Gasteiger partial charge < -0.3 is 14.6 Å². The fourth-order valence-corrected chi connectivity index (χ4v) is 3.51. The number of hydrogen-bond acceptors (Lipinski definition) is 5. The molecule has 1 amide bonds. The van der Waals surface area contributed by atoms with Crippen LogP contribution in [-0.4, -0.2) is 16.8 Å². The van der Waals surface area contributed by atoms with Gasteiger partial charge in [0.2, 0.25) is 0 Å². The predicted octanol–water partition coefficient (Wildman–Crippen LogP) is 6.09. The second kappa shape index (κ2) is 9.28.